The van der Waals surface area contributed by atoms with E-state index in [4.69, 9.17) is 23.2 Å². The number of hydrogen-bond acceptors (Lipinski definition) is 4. The van der Waals surface area contributed by atoms with Crippen molar-refractivity contribution in [1.29, 1.82) is 0 Å². The SMILES string of the molecule is Cc1csc(NC(=O)C(=O)Nc2ccc(Cl)c(Cl)c2)n1. The summed E-state index contributed by atoms with van der Waals surface area (Å²) >= 11 is 12.8. The smallest absolute Gasteiger partial charge is 0.315 e. The van der Waals surface area contributed by atoms with Crippen LogP contribution in [0.2, 0.25) is 10.0 Å². The minimum Gasteiger partial charge on any atom is -0.318 e. The maximum atomic E-state index is 11.7. The molecule has 2 rings (SSSR count). The van der Waals surface area contributed by atoms with Crippen LogP contribution < -0.4 is 10.6 Å². The number of aromatic nitrogens is 1. The second kappa shape index (κ2) is 6.21. The van der Waals surface area contributed by atoms with Crippen molar-refractivity contribution in [1.82, 2.24) is 4.98 Å². The van der Waals surface area contributed by atoms with E-state index in [-0.39, 0.29) is 0 Å². The summed E-state index contributed by atoms with van der Waals surface area (Å²) in [7, 11) is 0. The van der Waals surface area contributed by atoms with E-state index in [0.29, 0.717) is 20.9 Å². The lowest BCUT2D eigenvalue weighted by atomic mass is 10.3. The molecule has 1 heterocycles. The van der Waals surface area contributed by atoms with Crippen LogP contribution in [0.15, 0.2) is 23.6 Å². The van der Waals surface area contributed by atoms with Gasteiger partial charge in [-0.05, 0) is 25.1 Å². The third-order valence-corrected chi connectivity index (χ3v) is 3.84. The molecule has 0 unspecified atom stereocenters. The molecule has 0 saturated carbocycles. The molecule has 0 radical (unpaired) electrons. The van der Waals surface area contributed by atoms with E-state index >= 15 is 0 Å². The molecular formula is C12H9Cl2N3O2S. The number of amides is 2. The average Bonchev–Trinajstić information content (AvgIpc) is 2.79. The normalized spacial score (nSPS) is 10.2. The summed E-state index contributed by atoms with van der Waals surface area (Å²) in [5.41, 5.74) is 1.16. The Balaban J connectivity index is 2.00. The molecule has 104 valence electrons. The van der Waals surface area contributed by atoms with Gasteiger partial charge >= 0.3 is 11.8 Å². The maximum Gasteiger partial charge on any atom is 0.315 e. The number of carbonyl (C=O) groups is 2. The molecule has 20 heavy (non-hydrogen) atoms. The van der Waals surface area contributed by atoms with Crippen LogP contribution in [0, 0.1) is 6.92 Å². The van der Waals surface area contributed by atoms with Crippen LogP contribution >= 0.6 is 34.5 Å². The Labute approximate surface area is 128 Å². The predicted octanol–water partition coefficient (Wildman–Crippen LogP) is 3.34. The van der Waals surface area contributed by atoms with E-state index in [0.717, 1.165) is 5.69 Å². The number of aryl methyl sites for hydroxylation is 1. The van der Waals surface area contributed by atoms with Gasteiger partial charge in [0.15, 0.2) is 5.13 Å². The minimum atomic E-state index is -0.809. The van der Waals surface area contributed by atoms with Crippen molar-refractivity contribution in [3.8, 4) is 0 Å². The van der Waals surface area contributed by atoms with Gasteiger partial charge in [0.1, 0.15) is 0 Å². The zero-order valence-corrected chi connectivity index (χ0v) is 12.6. The zero-order valence-electron chi connectivity index (χ0n) is 10.2. The Kier molecular flexibility index (Phi) is 4.59. The number of anilines is 2. The molecule has 0 spiro atoms. The first-order valence-corrected chi connectivity index (χ1v) is 7.09. The molecule has 0 saturated heterocycles. The summed E-state index contributed by atoms with van der Waals surface area (Å²) in [6, 6.07) is 4.54. The van der Waals surface area contributed by atoms with E-state index in [9.17, 15) is 9.59 Å². The number of hydrogen-bond donors (Lipinski definition) is 2. The minimum absolute atomic E-state index is 0.292. The van der Waals surface area contributed by atoms with Gasteiger partial charge in [0.05, 0.1) is 15.7 Å². The van der Waals surface area contributed by atoms with Gasteiger partial charge < -0.3 is 5.32 Å². The molecule has 2 amide bonds. The number of carbonyl (C=O) groups excluding carboxylic acids is 2. The summed E-state index contributed by atoms with van der Waals surface area (Å²) in [4.78, 5) is 27.4. The summed E-state index contributed by atoms with van der Waals surface area (Å²) in [6.45, 7) is 1.79. The number of nitrogens with zero attached hydrogens (tertiary/aromatic N) is 1. The Hall–Kier alpha value is -1.63. The molecule has 1 aromatic carbocycles. The highest BCUT2D eigenvalue weighted by Gasteiger charge is 2.15. The molecule has 0 aliphatic carbocycles. The van der Waals surface area contributed by atoms with Crippen molar-refractivity contribution in [2.75, 3.05) is 10.6 Å². The van der Waals surface area contributed by atoms with Gasteiger partial charge in [-0.3, -0.25) is 14.9 Å². The molecule has 5 nitrogen and oxygen atoms in total. The summed E-state index contributed by atoms with van der Waals surface area (Å²) in [6.07, 6.45) is 0. The Morgan fingerprint density at radius 1 is 1.15 bits per heavy atom. The highest BCUT2D eigenvalue weighted by molar-refractivity contribution is 7.14. The molecule has 0 aliphatic rings. The second-order valence-electron chi connectivity index (χ2n) is 3.83. The van der Waals surface area contributed by atoms with Gasteiger partial charge in [-0.15, -0.1) is 11.3 Å². The molecule has 0 fully saturated rings. The van der Waals surface area contributed by atoms with Gasteiger partial charge in [-0.1, -0.05) is 23.2 Å². The van der Waals surface area contributed by atoms with Crippen LogP contribution in [0.4, 0.5) is 10.8 Å². The summed E-state index contributed by atoms with van der Waals surface area (Å²) < 4.78 is 0. The summed E-state index contributed by atoms with van der Waals surface area (Å²) in [5.74, 6) is -1.61. The van der Waals surface area contributed by atoms with E-state index in [1.165, 1.54) is 23.5 Å². The topological polar surface area (TPSA) is 71.1 Å². The molecule has 8 heteroatoms. The fourth-order valence-corrected chi connectivity index (χ4v) is 2.31. The standard InChI is InChI=1S/C12H9Cl2N3O2S/c1-6-5-20-12(15-6)17-11(19)10(18)16-7-2-3-8(13)9(14)4-7/h2-5H,1H3,(H,16,18)(H,15,17,19). The first-order valence-electron chi connectivity index (χ1n) is 5.45. The fourth-order valence-electron chi connectivity index (χ4n) is 1.33. The van der Waals surface area contributed by atoms with Crippen LogP contribution in [-0.4, -0.2) is 16.8 Å². The molecule has 2 aromatic rings. The monoisotopic (exact) mass is 329 g/mol. The van der Waals surface area contributed by atoms with Gasteiger partial charge in [-0.2, -0.15) is 0 Å². The van der Waals surface area contributed by atoms with Crippen LogP contribution in [0.3, 0.4) is 0 Å². The van der Waals surface area contributed by atoms with Gasteiger partial charge in [0.25, 0.3) is 0 Å². The van der Waals surface area contributed by atoms with Crippen LogP contribution in [0.5, 0.6) is 0 Å². The molecule has 0 atom stereocenters. The van der Waals surface area contributed by atoms with Crippen molar-refractivity contribution >= 4 is 57.2 Å². The van der Waals surface area contributed by atoms with Gasteiger partial charge in [-0.25, -0.2) is 4.98 Å². The second-order valence-corrected chi connectivity index (χ2v) is 5.50. The third-order valence-electron chi connectivity index (χ3n) is 2.22. The number of thiazole rings is 1. The third kappa shape index (κ3) is 3.69. The van der Waals surface area contributed by atoms with E-state index in [1.54, 1.807) is 18.4 Å². The maximum absolute atomic E-state index is 11.7. The van der Waals surface area contributed by atoms with Crippen molar-refractivity contribution in [2.24, 2.45) is 0 Å². The number of benzene rings is 1. The van der Waals surface area contributed by atoms with E-state index in [2.05, 4.69) is 15.6 Å². The lowest BCUT2D eigenvalue weighted by Gasteiger charge is -2.05. The predicted molar refractivity (Wildman–Crippen MR) is 80.6 cm³/mol. The Morgan fingerprint density at radius 2 is 1.85 bits per heavy atom. The molecule has 0 bridgehead atoms. The Bertz CT molecular complexity index is 672. The van der Waals surface area contributed by atoms with Gasteiger partial charge in [0, 0.05) is 11.1 Å². The van der Waals surface area contributed by atoms with Crippen molar-refractivity contribution in [3.05, 3.63) is 39.3 Å². The van der Waals surface area contributed by atoms with E-state index in [1.807, 2.05) is 0 Å². The van der Waals surface area contributed by atoms with Crippen LogP contribution in [0.25, 0.3) is 0 Å². The number of halogens is 2. The van der Waals surface area contributed by atoms with Gasteiger partial charge in [0.2, 0.25) is 0 Å². The Morgan fingerprint density at radius 3 is 2.45 bits per heavy atom. The highest BCUT2D eigenvalue weighted by Crippen LogP contribution is 2.25. The first kappa shape index (κ1) is 14.8. The molecule has 1 aromatic heterocycles. The summed E-state index contributed by atoms with van der Waals surface area (Å²) in [5, 5.41) is 7.63. The van der Waals surface area contributed by atoms with Crippen LogP contribution in [0.1, 0.15) is 5.69 Å². The quantitative estimate of drug-likeness (QED) is 0.830. The molecule has 2 N–H and O–H groups in total. The van der Waals surface area contributed by atoms with Crippen LogP contribution in [-0.2, 0) is 9.59 Å². The zero-order chi connectivity index (χ0) is 14.7. The van der Waals surface area contributed by atoms with E-state index < -0.39 is 11.8 Å². The molecule has 0 aliphatic heterocycles. The van der Waals surface area contributed by atoms with Crippen molar-refractivity contribution in [3.63, 3.8) is 0 Å². The first-order chi connectivity index (χ1) is 9.45. The largest absolute Gasteiger partial charge is 0.318 e. The fraction of sp³-hybridized carbons (Fsp3) is 0.0833. The van der Waals surface area contributed by atoms with Crippen molar-refractivity contribution < 1.29 is 9.59 Å². The van der Waals surface area contributed by atoms with Crippen molar-refractivity contribution in [2.45, 2.75) is 6.92 Å². The number of rotatable bonds is 2. The lowest BCUT2D eigenvalue weighted by molar-refractivity contribution is -0.132. The average molecular weight is 330 g/mol. The lowest BCUT2D eigenvalue weighted by Crippen LogP contribution is -2.29. The highest BCUT2D eigenvalue weighted by atomic mass is 35.5. The molecular weight excluding hydrogens is 321 g/mol. The number of nitrogens with one attached hydrogen (secondary N) is 2.